The van der Waals surface area contributed by atoms with E-state index in [9.17, 15) is 9.59 Å². The van der Waals surface area contributed by atoms with Gasteiger partial charge in [0.15, 0.2) is 5.69 Å². The molecule has 0 radical (unpaired) electrons. The van der Waals surface area contributed by atoms with E-state index in [1.807, 2.05) is 0 Å². The SMILES string of the molecule is CC(CCCNC(=O)c1cn(CCN)nn1)C(=O)O. The van der Waals surface area contributed by atoms with Gasteiger partial charge in [0.1, 0.15) is 0 Å². The van der Waals surface area contributed by atoms with Crippen LogP contribution in [-0.2, 0) is 11.3 Å². The lowest BCUT2D eigenvalue weighted by Crippen LogP contribution is -2.25. The molecule has 0 aliphatic carbocycles. The van der Waals surface area contributed by atoms with E-state index < -0.39 is 11.9 Å². The molecule has 0 aliphatic rings. The van der Waals surface area contributed by atoms with Gasteiger partial charge in [-0.1, -0.05) is 12.1 Å². The molecule has 0 fully saturated rings. The normalized spacial score (nSPS) is 12.1. The number of hydrogen-bond acceptors (Lipinski definition) is 5. The maximum Gasteiger partial charge on any atom is 0.306 e. The minimum atomic E-state index is -0.823. The van der Waals surface area contributed by atoms with Gasteiger partial charge < -0.3 is 16.2 Å². The van der Waals surface area contributed by atoms with Crippen LogP contribution in [0.4, 0.5) is 0 Å². The summed E-state index contributed by atoms with van der Waals surface area (Å²) in [5, 5.41) is 18.9. The summed E-state index contributed by atoms with van der Waals surface area (Å²) in [6.45, 7) is 3.00. The fourth-order valence-electron chi connectivity index (χ4n) is 1.47. The van der Waals surface area contributed by atoms with Crippen LogP contribution in [0.25, 0.3) is 0 Å². The standard InChI is InChI=1S/C11H19N5O3/c1-8(11(18)19)3-2-5-13-10(17)9-7-16(6-4-12)15-14-9/h7-8H,2-6,12H2,1H3,(H,13,17)(H,18,19). The maximum atomic E-state index is 11.7. The number of nitrogens with two attached hydrogens (primary N) is 1. The van der Waals surface area contributed by atoms with Crippen molar-refractivity contribution in [3.63, 3.8) is 0 Å². The Morgan fingerprint density at radius 2 is 2.32 bits per heavy atom. The molecule has 1 atom stereocenters. The molecule has 1 aromatic heterocycles. The summed E-state index contributed by atoms with van der Waals surface area (Å²) in [6.07, 6.45) is 2.66. The van der Waals surface area contributed by atoms with Crippen molar-refractivity contribution in [3.05, 3.63) is 11.9 Å². The van der Waals surface area contributed by atoms with Gasteiger partial charge in [-0.15, -0.1) is 5.10 Å². The molecule has 0 saturated carbocycles. The Morgan fingerprint density at radius 1 is 1.58 bits per heavy atom. The van der Waals surface area contributed by atoms with E-state index in [0.29, 0.717) is 32.5 Å². The predicted molar refractivity (Wildman–Crippen MR) is 67.4 cm³/mol. The summed E-state index contributed by atoms with van der Waals surface area (Å²) >= 11 is 0. The second-order valence-corrected chi connectivity index (χ2v) is 4.29. The summed E-state index contributed by atoms with van der Waals surface area (Å²) in [6, 6.07) is 0. The molecule has 1 rings (SSSR count). The second-order valence-electron chi connectivity index (χ2n) is 4.29. The Hall–Kier alpha value is -1.96. The van der Waals surface area contributed by atoms with Gasteiger partial charge in [-0.2, -0.15) is 0 Å². The Labute approximate surface area is 111 Å². The van der Waals surface area contributed by atoms with Gasteiger partial charge in [0.05, 0.1) is 18.7 Å². The topological polar surface area (TPSA) is 123 Å². The fraction of sp³-hybridized carbons (Fsp3) is 0.636. The van der Waals surface area contributed by atoms with Crippen LogP contribution < -0.4 is 11.1 Å². The molecule has 0 aliphatic heterocycles. The lowest BCUT2D eigenvalue weighted by Gasteiger charge is -2.06. The molecule has 1 aromatic rings. The van der Waals surface area contributed by atoms with Crippen LogP contribution in [0.5, 0.6) is 0 Å². The van der Waals surface area contributed by atoms with Crippen LogP contribution in [0, 0.1) is 5.92 Å². The molecule has 1 unspecified atom stereocenters. The van der Waals surface area contributed by atoms with Crippen molar-refractivity contribution >= 4 is 11.9 Å². The van der Waals surface area contributed by atoms with Crippen LogP contribution in [0.2, 0.25) is 0 Å². The van der Waals surface area contributed by atoms with Gasteiger partial charge in [-0.25, -0.2) is 0 Å². The van der Waals surface area contributed by atoms with Gasteiger partial charge >= 0.3 is 5.97 Å². The van der Waals surface area contributed by atoms with E-state index in [-0.39, 0.29) is 11.6 Å². The number of carboxylic acid groups (broad SMARTS) is 1. The molecule has 8 heteroatoms. The first-order chi connectivity index (χ1) is 9.04. The van der Waals surface area contributed by atoms with E-state index in [1.54, 1.807) is 6.92 Å². The fourth-order valence-corrected chi connectivity index (χ4v) is 1.47. The monoisotopic (exact) mass is 269 g/mol. The van der Waals surface area contributed by atoms with Crippen LogP contribution >= 0.6 is 0 Å². The number of carboxylic acids is 1. The van der Waals surface area contributed by atoms with E-state index in [0.717, 1.165) is 0 Å². The summed E-state index contributed by atoms with van der Waals surface area (Å²) in [4.78, 5) is 22.3. The number of aliphatic carboxylic acids is 1. The smallest absolute Gasteiger partial charge is 0.306 e. The number of nitrogens with zero attached hydrogens (tertiary/aromatic N) is 3. The van der Waals surface area contributed by atoms with Gasteiger partial charge in [-0.05, 0) is 12.8 Å². The molecule has 0 saturated heterocycles. The summed E-state index contributed by atoms with van der Waals surface area (Å²) in [5.41, 5.74) is 5.60. The molecule has 19 heavy (non-hydrogen) atoms. The lowest BCUT2D eigenvalue weighted by atomic mass is 10.1. The van der Waals surface area contributed by atoms with Crippen molar-refractivity contribution in [2.24, 2.45) is 11.7 Å². The second kappa shape index (κ2) is 7.47. The quantitative estimate of drug-likeness (QED) is 0.545. The molecule has 0 aromatic carbocycles. The molecule has 0 bridgehead atoms. The van der Waals surface area contributed by atoms with Crippen LogP contribution in [0.15, 0.2) is 6.20 Å². The number of aromatic nitrogens is 3. The highest BCUT2D eigenvalue weighted by atomic mass is 16.4. The Balaban J connectivity index is 2.28. The van der Waals surface area contributed by atoms with E-state index in [1.165, 1.54) is 10.9 Å². The average Bonchev–Trinajstić information content (AvgIpc) is 2.83. The molecule has 1 amide bonds. The van der Waals surface area contributed by atoms with Gasteiger partial charge in [0, 0.05) is 13.1 Å². The predicted octanol–water partition coefficient (Wildman–Crippen LogP) is -0.532. The minimum Gasteiger partial charge on any atom is -0.481 e. The first-order valence-electron chi connectivity index (χ1n) is 6.15. The molecule has 106 valence electrons. The molecule has 0 spiro atoms. The summed E-state index contributed by atoms with van der Waals surface area (Å²) in [5.74, 6) is -1.54. The highest BCUT2D eigenvalue weighted by Crippen LogP contribution is 2.04. The van der Waals surface area contributed by atoms with Crippen molar-refractivity contribution in [1.29, 1.82) is 0 Å². The minimum absolute atomic E-state index is 0.236. The van der Waals surface area contributed by atoms with E-state index in [2.05, 4.69) is 15.6 Å². The molecule has 4 N–H and O–H groups in total. The lowest BCUT2D eigenvalue weighted by molar-refractivity contribution is -0.141. The number of rotatable bonds is 8. The Kier molecular flexibility index (Phi) is 5.94. The zero-order chi connectivity index (χ0) is 14.3. The molecular formula is C11H19N5O3. The average molecular weight is 269 g/mol. The van der Waals surface area contributed by atoms with Crippen molar-refractivity contribution in [2.45, 2.75) is 26.3 Å². The van der Waals surface area contributed by atoms with Crippen LogP contribution in [0.3, 0.4) is 0 Å². The Bertz CT molecular complexity index is 432. The van der Waals surface area contributed by atoms with Crippen LogP contribution in [-0.4, -0.2) is 45.1 Å². The van der Waals surface area contributed by atoms with Gasteiger partial charge in [-0.3, -0.25) is 14.3 Å². The van der Waals surface area contributed by atoms with Crippen molar-refractivity contribution < 1.29 is 14.7 Å². The first kappa shape index (κ1) is 15.1. The van der Waals surface area contributed by atoms with E-state index >= 15 is 0 Å². The maximum absolute atomic E-state index is 11.7. The molecular weight excluding hydrogens is 250 g/mol. The number of carbonyl (C=O) groups is 2. The summed E-state index contributed by atoms with van der Waals surface area (Å²) < 4.78 is 1.50. The first-order valence-corrected chi connectivity index (χ1v) is 6.15. The third kappa shape index (κ3) is 5.04. The van der Waals surface area contributed by atoms with Crippen molar-refractivity contribution in [2.75, 3.05) is 13.1 Å². The van der Waals surface area contributed by atoms with Crippen LogP contribution in [0.1, 0.15) is 30.3 Å². The largest absolute Gasteiger partial charge is 0.481 e. The van der Waals surface area contributed by atoms with Gasteiger partial charge in [0.2, 0.25) is 0 Å². The zero-order valence-electron chi connectivity index (χ0n) is 10.9. The third-order valence-corrected chi connectivity index (χ3v) is 2.65. The molecule has 8 nitrogen and oxygen atoms in total. The van der Waals surface area contributed by atoms with Crippen molar-refractivity contribution in [3.8, 4) is 0 Å². The van der Waals surface area contributed by atoms with E-state index in [4.69, 9.17) is 10.8 Å². The highest BCUT2D eigenvalue weighted by molar-refractivity contribution is 5.91. The summed E-state index contributed by atoms with van der Waals surface area (Å²) in [7, 11) is 0. The highest BCUT2D eigenvalue weighted by Gasteiger charge is 2.12. The van der Waals surface area contributed by atoms with Gasteiger partial charge in [0.25, 0.3) is 5.91 Å². The number of nitrogens with one attached hydrogen (secondary N) is 1. The van der Waals surface area contributed by atoms with Crippen molar-refractivity contribution in [1.82, 2.24) is 20.3 Å². The number of amides is 1. The Morgan fingerprint density at radius 3 is 2.95 bits per heavy atom. The zero-order valence-corrected chi connectivity index (χ0v) is 10.9. The number of hydrogen-bond donors (Lipinski definition) is 3. The molecule has 1 heterocycles. The third-order valence-electron chi connectivity index (χ3n) is 2.65. The number of carbonyl (C=O) groups excluding carboxylic acids is 1.